The fourth-order valence-electron chi connectivity index (χ4n) is 4.00. The lowest BCUT2D eigenvalue weighted by atomic mass is 10.1. The number of rotatable bonds is 4. The standard InChI is InChI=1S/C25H21N3O5/c1-14-8-4-6-10-20(14)28-23(30)19(22(29)26-25(28)33)13-17-12-15(2)27(16(17)3)21-11-7-5-9-18(21)24(31)32/h4-13H,1-3H3,(H,31,32)(H,26,29,33). The summed E-state index contributed by atoms with van der Waals surface area (Å²) in [6.45, 7) is 5.34. The van der Waals surface area contributed by atoms with Crippen molar-refractivity contribution >= 4 is 35.6 Å². The molecule has 166 valence electrons. The molecule has 8 nitrogen and oxygen atoms in total. The Bertz CT molecular complexity index is 1370. The Kier molecular flexibility index (Phi) is 5.43. The minimum absolute atomic E-state index is 0.126. The van der Waals surface area contributed by atoms with Crippen LogP contribution in [0.15, 0.2) is 60.2 Å². The number of carbonyl (C=O) groups excluding carboxylic acids is 3. The maximum absolute atomic E-state index is 13.2. The highest BCUT2D eigenvalue weighted by atomic mass is 16.4. The number of hydrogen-bond acceptors (Lipinski definition) is 4. The second-order valence-electron chi connectivity index (χ2n) is 7.73. The number of carbonyl (C=O) groups is 4. The molecule has 2 heterocycles. The Morgan fingerprint density at radius 2 is 1.58 bits per heavy atom. The molecule has 2 N–H and O–H groups in total. The van der Waals surface area contributed by atoms with Crippen LogP contribution >= 0.6 is 0 Å². The number of imide groups is 2. The fourth-order valence-corrected chi connectivity index (χ4v) is 4.00. The normalized spacial score (nSPS) is 15.2. The number of amides is 4. The lowest BCUT2D eigenvalue weighted by Crippen LogP contribution is -2.54. The van der Waals surface area contributed by atoms with E-state index in [-0.39, 0.29) is 11.1 Å². The van der Waals surface area contributed by atoms with Crippen molar-refractivity contribution in [1.82, 2.24) is 9.88 Å². The Morgan fingerprint density at radius 1 is 0.939 bits per heavy atom. The quantitative estimate of drug-likeness (QED) is 0.471. The summed E-state index contributed by atoms with van der Waals surface area (Å²) < 4.78 is 1.76. The lowest BCUT2D eigenvalue weighted by molar-refractivity contribution is -0.122. The number of nitrogens with one attached hydrogen (secondary N) is 1. The van der Waals surface area contributed by atoms with Crippen LogP contribution in [0.3, 0.4) is 0 Å². The highest BCUT2D eigenvalue weighted by Crippen LogP contribution is 2.28. The maximum Gasteiger partial charge on any atom is 0.337 e. The van der Waals surface area contributed by atoms with Gasteiger partial charge in [-0.05, 0) is 62.2 Å². The third-order valence-corrected chi connectivity index (χ3v) is 5.60. The van der Waals surface area contributed by atoms with Crippen LogP contribution in [-0.4, -0.2) is 33.5 Å². The predicted octanol–water partition coefficient (Wildman–Crippen LogP) is 3.77. The zero-order chi connectivity index (χ0) is 23.9. The zero-order valence-electron chi connectivity index (χ0n) is 18.2. The third kappa shape index (κ3) is 3.71. The Balaban J connectivity index is 1.81. The minimum Gasteiger partial charge on any atom is -0.478 e. The molecule has 1 aliphatic rings. The van der Waals surface area contributed by atoms with Crippen molar-refractivity contribution < 1.29 is 24.3 Å². The van der Waals surface area contributed by atoms with E-state index in [9.17, 15) is 24.3 Å². The molecule has 4 rings (SSSR count). The summed E-state index contributed by atoms with van der Waals surface area (Å²) in [7, 11) is 0. The van der Waals surface area contributed by atoms with Gasteiger partial charge in [0.25, 0.3) is 11.8 Å². The average molecular weight is 443 g/mol. The second-order valence-corrected chi connectivity index (χ2v) is 7.73. The number of hydrogen-bond donors (Lipinski definition) is 2. The molecule has 33 heavy (non-hydrogen) atoms. The summed E-state index contributed by atoms with van der Waals surface area (Å²) in [6.07, 6.45) is 1.43. The van der Waals surface area contributed by atoms with E-state index in [4.69, 9.17) is 0 Å². The van der Waals surface area contributed by atoms with Crippen LogP contribution in [0.1, 0.15) is 32.9 Å². The highest BCUT2D eigenvalue weighted by molar-refractivity contribution is 6.39. The first-order valence-electron chi connectivity index (χ1n) is 10.2. The molecule has 8 heteroatoms. The molecule has 3 aromatic rings. The monoisotopic (exact) mass is 443 g/mol. The number of barbiturate groups is 1. The molecule has 0 atom stereocenters. The van der Waals surface area contributed by atoms with E-state index in [1.54, 1.807) is 73.9 Å². The summed E-state index contributed by atoms with van der Waals surface area (Å²) in [5, 5.41) is 11.8. The number of carboxylic acids is 1. The van der Waals surface area contributed by atoms with Crippen molar-refractivity contribution in [1.29, 1.82) is 0 Å². The van der Waals surface area contributed by atoms with Crippen molar-refractivity contribution in [2.45, 2.75) is 20.8 Å². The van der Waals surface area contributed by atoms with Crippen LogP contribution < -0.4 is 10.2 Å². The number of aromatic carboxylic acids is 1. The molecule has 0 unspecified atom stereocenters. The molecule has 4 amide bonds. The van der Waals surface area contributed by atoms with Crippen molar-refractivity contribution in [3.05, 3.63) is 88.2 Å². The van der Waals surface area contributed by atoms with Crippen LogP contribution in [0.5, 0.6) is 0 Å². The van der Waals surface area contributed by atoms with E-state index >= 15 is 0 Å². The number of urea groups is 1. The van der Waals surface area contributed by atoms with Crippen molar-refractivity contribution in [3.8, 4) is 5.69 Å². The minimum atomic E-state index is -1.06. The molecule has 1 saturated heterocycles. The highest BCUT2D eigenvalue weighted by Gasteiger charge is 2.37. The van der Waals surface area contributed by atoms with Gasteiger partial charge in [-0.2, -0.15) is 0 Å². The predicted molar refractivity (Wildman–Crippen MR) is 122 cm³/mol. The maximum atomic E-state index is 13.2. The van der Waals surface area contributed by atoms with E-state index in [0.717, 1.165) is 10.6 Å². The molecule has 0 aliphatic carbocycles. The van der Waals surface area contributed by atoms with Gasteiger partial charge in [-0.25, -0.2) is 14.5 Å². The fraction of sp³-hybridized carbons (Fsp3) is 0.120. The average Bonchev–Trinajstić information content (AvgIpc) is 3.05. The van der Waals surface area contributed by atoms with Gasteiger partial charge in [0.15, 0.2) is 0 Å². The summed E-state index contributed by atoms with van der Waals surface area (Å²) in [5.41, 5.74) is 3.44. The van der Waals surface area contributed by atoms with E-state index in [1.165, 1.54) is 12.1 Å². The Hall–Kier alpha value is -4.46. The molecule has 0 bridgehead atoms. The van der Waals surface area contributed by atoms with Gasteiger partial charge in [-0.1, -0.05) is 30.3 Å². The van der Waals surface area contributed by atoms with Gasteiger partial charge in [0.1, 0.15) is 5.57 Å². The van der Waals surface area contributed by atoms with Crippen molar-refractivity contribution in [2.24, 2.45) is 0 Å². The summed E-state index contributed by atoms with van der Waals surface area (Å²) in [5.74, 6) is -2.58. The second kappa shape index (κ2) is 8.23. The smallest absolute Gasteiger partial charge is 0.337 e. The Labute approximate surface area is 189 Å². The topological polar surface area (TPSA) is 109 Å². The molecule has 0 saturated carbocycles. The van der Waals surface area contributed by atoms with Crippen molar-refractivity contribution in [2.75, 3.05) is 4.90 Å². The number of nitrogens with zero attached hydrogens (tertiary/aromatic N) is 2. The zero-order valence-corrected chi connectivity index (χ0v) is 18.2. The van der Waals surface area contributed by atoms with E-state index < -0.39 is 23.8 Å². The molecular formula is C25H21N3O5. The van der Waals surface area contributed by atoms with E-state index in [2.05, 4.69) is 5.32 Å². The van der Waals surface area contributed by atoms with E-state index in [1.807, 2.05) is 0 Å². The van der Waals surface area contributed by atoms with Crippen LogP contribution in [0.4, 0.5) is 10.5 Å². The Morgan fingerprint density at radius 3 is 2.24 bits per heavy atom. The summed E-state index contributed by atoms with van der Waals surface area (Å²) >= 11 is 0. The lowest BCUT2D eigenvalue weighted by Gasteiger charge is -2.27. The van der Waals surface area contributed by atoms with Gasteiger partial charge in [0.2, 0.25) is 0 Å². The van der Waals surface area contributed by atoms with Gasteiger partial charge in [-0.3, -0.25) is 14.9 Å². The van der Waals surface area contributed by atoms with Gasteiger partial charge < -0.3 is 9.67 Å². The van der Waals surface area contributed by atoms with Crippen LogP contribution in [0.2, 0.25) is 0 Å². The van der Waals surface area contributed by atoms with Gasteiger partial charge in [-0.15, -0.1) is 0 Å². The van der Waals surface area contributed by atoms with Crippen LogP contribution in [0.25, 0.3) is 11.8 Å². The number of benzene rings is 2. The van der Waals surface area contributed by atoms with Gasteiger partial charge in [0, 0.05) is 11.4 Å². The van der Waals surface area contributed by atoms with Crippen molar-refractivity contribution in [3.63, 3.8) is 0 Å². The van der Waals surface area contributed by atoms with E-state index in [0.29, 0.717) is 28.2 Å². The van der Waals surface area contributed by atoms with Crippen LogP contribution in [0, 0.1) is 20.8 Å². The number of para-hydroxylation sites is 2. The largest absolute Gasteiger partial charge is 0.478 e. The molecule has 0 radical (unpaired) electrons. The first-order chi connectivity index (χ1) is 15.7. The van der Waals surface area contributed by atoms with Gasteiger partial charge in [0.05, 0.1) is 16.9 Å². The molecular weight excluding hydrogens is 422 g/mol. The first-order valence-corrected chi connectivity index (χ1v) is 10.2. The SMILES string of the molecule is Cc1ccccc1N1C(=O)NC(=O)C(=Cc2cc(C)n(-c3ccccc3C(=O)O)c2C)C1=O. The molecule has 1 fully saturated rings. The number of anilines is 1. The number of carboxylic acid groups (broad SMARTS) is 1. The van der Waals surface area contributed by atoms with Gasteiger partial charge >= 0.3 is 12.0 Å². The molecule has 1 aliphatic heterocycles. The first kappa shape index (κ1) is 21.8. The van der Waals surface area contributed by atoms with Crippen LogP contribution in [-0.2, 0) is 9.59 Å². The molecule has 2 aromatic carbocycles. The third-order valence-electron chi connectivity index (χ3n) is 5.60. The summed E-state index contributed by atoms with van der Waals surface area (Å²) in [4.78, 5) is 50.9. The number of aromatic nitrogens is 1. The number of aryl methyl sites for hydroxylation is 2. The molecule has 0 spiro atoms. The summed E-state index contributed by atoms with van der Waals surface area (Å²) in [6, 6.07) is 14.4. The molecule has 1 aromatic heterocycles.